The first-order valence-electron chi connectivity index (χ1n) is 5.89. The maximum Gasteiger partial charge on any atom is 0.156 e. The van der Waals surface area contributed by atoms with Gasteiger partial charge in [-0.2, -0.15) is 0 Å². The molecule has 19 heavy (non-hydrogen) atoms. The standard InChI is InChI=1S/C15H15F2NO/c1-8-4-5-9(2)15(10(8)3)19-13-7-11(16)6-12(17)14(13)18/h4-7H,18H2,1-3H3. The van der Waals surface area contributed by atoms with Gasteiger partial charge in [-0.25, -0.2) is 8.78 Å². The summed E-state index contributed by atoms with van der Waals surface area (Å²) in [5, 5.41) is 0. The molecule has 0 aliphatic heterocycles. The number of halogens is 2. The quantitative estimate of drug-likeness (QED) is 0.821. The minimum absolute atomic E-state index is 0.00528. The number of nitrogens with two attached hydrogens (primary N) is 1. The number of benzene rings is 2. The predicted octanol–water partition coefficient (Wildman–Crippen LogP) is 4.26. The Bertz CT molecular complexity index is 639. The smallest absolute Gasteiger partial charge is 0.156 e. The molecule has 4 heteroatoms. The number of anilines is 1. The van der Waals surface area contributed by atoms with Crippen molar-refractivity contribution in [3.05, 3.63) is 52.6 Å². The molecule has 0 fully saturated rings. The van der Waals surface area contributed by atoms with E-state index in [0.29, 0.717) is 5.75 Å². The molecular weight excluding hydrogens is 248 g/mol. The highest BCUT2D eigenvalue weighted by molar-refractivity contribution is 5.57. The van der Waals surface area contributed by atoms with Crippen molar-refractivity contribution in [2.75, 3.05) is 5.73 Å². The lowest BCUT2D eigenvalue weighted by Crippen LogP contribution is -1.99. The van der Waals surface area contributed by atoms with E-state index in [9.17, 15) is 8.78 Å². The Morgan fingerprint density at radius 2 is 1.63 bits per heavy atom. The number of hydrogen-bond acceptors (Lipinski definition) is 2. The second-order valence-electron chi connectivity index (χ2n) is 4.55. The third-order valence-corrected chi connectivity index (χ3v) is 3.14. The average Bonchev–Trinajstić information content (AvgIpc) is 2.35. The zero-order valence-electron chi connectivity index (χ0n) is 11.1. The van der Waals surface area contributed by atoms with Gasteiger partial charge in [0.2, 0.25) is 0 Å². The highest BCUT2D eigenvalue weighted by Crippen LogP contribution is 2.35. The van der Waals surface area contributed by atoms with E-state index in [0.717, 1.165) is 28.8 Å². The van der Waals surface area contributed by atoms with Gasteiger partial charge < -0.3 is 10.5 Å². The Labute approximate surface area is 110 Å². The van der Waals surface area contributed by atoms with Crippen molar-refractivity contribution in [2.45, 2.75) is 20.8 Å². The van der Waals surface area contributed by atoms with Gasteiger partial charge >= 0.3 is 0 Å². The van der Waals surface area contributed by atoms with Crippen LogP contribution in [0.5, 0.6) is 11.5 Å². The van der Waals surface area contributed by atoms with Gasteiger partial charge in [-0.15, -0.1) is 0 Å². The molecule has 2 N–H and O–H groups in total. The van der Waals surface area contributed by atoms with Gasteiger partial charge in [0, 0.05) is 12.1 Å². The van der Waals surface area contributed by atoms with Crippen molar-refractivity contribution < 1.29 is 13.5 Å². The molecule has 0 aliphatic rings. The van der Waals surface area contributed by atoms with Crippen molar-refractivity contribution in [3.63, 3.8) is 0 Å². The van der Waals surface area contributed by atoms with Crippen LogP contribution in [0.25, 0.3) is 0 Å². The second kappa shape index (κ2) is 4.88. The molecule has 0 saturated carbocycles. The van der Waals surface area contributed by atoms with E-state index in [1.54, 1.807) is 0 Å². The Kier molecular flexibility index (Phi) is 3.42. The van der Waals surface area contributed by atoms with E-state index < -0.39 is 11.6 Å². The molecule has 0 saturated heterocycles. The van der Waals surface area contributed by atoms with E-state index in [-0.39, 0.29) is 11.4 Å². The minimum atomic E-state index is -0.821. The number of hydrogen-bond donors (Lipinski definition) is 1. The van der Waals surface area contributed by atoms with Crippen LogP contribution in [0.3, 0.4) is 0 Å². The molecule has 0 bridgehead atoms. The highest BCUT2D eigenvalue weighted by Gasteiger charge is 2.13. The van der Waals surface area contributed by atoms with Crippen molar-refractivity contribution in [1.82, 2.24) is 0 Å². The Morgan fingerprint density at radius 1 is 1.00 bits per heavy atom. The van der Waals surface area contributed by atoms with E-state index in [1.807, 2.05) is 32.9 Å². The SMILES string of the molecule is Cc1ccc(C)c(Oc2cc(F)cc(F)c2N)c1C. The molecule has 2 aromatic rings. The highest BCUT2D eigenvalue weighted by atomic mass is 19.1. The summed E-state index contributed by atoms with van der Waals surface area (Å²) in [6, 6.07) is 5.67. The molecule has 0 aliphatic carbocycles. The summed E-state index contributed by atoms with van der Waals surface area (Å²) in [6.07, 6.45) is 0. The zero-order valence-corrected chi connectivity index (χ0v) is 11.1. The Hall–Kier alpha value is -2.10. The molecule has 2 rings (SSSR count). The monoisotopic (exact) mass is 263 g/mol. The lowest BCUT2D eigenvalue weighted by molar-refractivity contribution is 0.465. The van der Waals surface area contributed by atoms with Gasteiger partial charge in [0.25, 0.3) is 0 Å². The number of aryl methyl sites for hydroxylation is 2. The first-order valence-corrected chi connectivity index (χ1v) is 5.89. The molecule has 0 unspecified atom stereocenters. The summed E-state index contributed by atoms with van der Waals surface area (Å²) in [5.41, 5.74) is 8.22. The fraction of sp³-hybridized carbons (Fsp3) is 0.200. The van der Waals surface area contributed by atoms with Gasteiger partial charge in [0.05, 0.1) is 0 Å². The maximum atomic E-state index is 13.4. The first-order chi connectivity index (χ1) is 8.90. The van der Waals surface area contributed by atoms with Crippen molar-refractivity contribution >= 4 is 5.69 Å². The van der Waals surface area contributed by atoms with Gasteiger partial charge in [0.1, 0.15) is 17.3 Å². The summed E-state index contributed by atoms with van der Waals surface area (Å²) in [5.74, 6) is -0.964. The molecule has 2 nitrogen and oxygen atoms in total. The molecule has 0 amide bonds. The van der Waals surface area contributed by atoms with E-state index >= 15 is 0 Å². The summed E-state index contributed by atoms with van der Waals surface area (Å²) < 4.78 is 32.2. The van der Waals surface area contributed by atoms with Gasteiger partial charge in [-0.3, -0.25) is 0 Å². The fourth-order valence-electron chi connectivity index (χ4n) is 1.84. The van der Waals surface area contributed by atoms with Crippen LogP contribution < -0.4 is 10.5 Å². The number of nitrogen functional groups attached to an aromatic ring is 1. The lowest BCUT2D eigenvalue weighted by atomic mass is 10.1. The third kappa shape index (κ3) is 2.52. The fourth-order valence-corrected chi connectivity index (χ4v) is 1.84. The molecule has 0 radical (unpaired) electrons. The van der Waals surface area contributed by atoms with Crippen LogP contribution >= 0.6 is 0 Å². The van der Waals surface area contributed by atoms with Crippen LogP contribution in [0.1, 0.15) is 16.7 Å². The van der Waals surface area contributed by atoms with Crippen LogP contribution in [0.4, 0.5) is 14.5 Å². The summed E-state index contributed by atoms with van der Waals surface area (Å²) in [4.78, 5) is 0. The van der Waals surface area contributed by atoms with Crippen molar-refractivity contribution in [3.8, 4) is 11.5 Å². The van der Waals surface area contributed by atoms with E-state index in [1.165, 1.54) is 0 Å². The average molecular weight is 263 g/mol. The van der Waals surface area contributed by atoms with E-state index in [2.05, 4.69) is 0 Å². The molecule has 100 valence electrons. The molecule has 0 atom stereocenters. The third-order valence-electron chi connectivity index (χ3n) is 3.14. The van der Waals surface area contributed by atoms with Crippen molar-refractivity contribution in [2.24, 2.45) is 0 Å². The second-order valence-corrected chi connectivity index (χ2v) is 4.55. The lowest BCUT2D eigenvalue weighted by Gasteiger charge is -2.15. The molecular formula is C15H15F2NO. The molecule has 0 spiro atoms. The van der Waals surface area contributed by atoms with Crippen molar-refractivity contribution in [1.29, 1.82) is 0 Å². The zero-order chi connectivity index (χ0) is 14.2. The molecule has 0 heterocycles. The minimum Gasteiger partial charge on any atom is -0.454 e. The Balaban J connectivity index is 2.51. The van der Waals surface area contributed by atoms with Gasteiger partial charge in [-0.1, -0.05) is 12.1 Å². The topological polar surface area (TPSA) is 35.2 Å². The number of rotatable bonds is 2. The van der Waals surface area contributed by atoms with Crippen LogP contribution in [0, 0.1) is 32.4 Å². The van der Waals surface area contributed by atoms with Crippen LogP contribution in [0.2, 0.25) is 0 Å². The maximum absolute atomic E-state index is 13.4. The normalized spacial score (nSPS) is 10.6. The van der Waals surface area contributed by atoms with Gasteiger partial charge in [-0.05, 0) is 37.5 Å². The summed E-state index contributed by atoms with van der Waals surface area (Å²) >= 11 is 0. The molecule has 0 aromatic heterocycles. The predicted molar refractivity (Wildman–Crippen MR) is 71.5 cm³/mol. The van der Waals surface area contributed by atoms with Crippen LogP contribution in [0.15, 0.2) is 24.3 Å². The first kappa shape index (κ1) is 13.3. The number of ether oxygens (including phenoxy) is 1. The Morgan fingerprint density at radius 3 is 2.32 bits per heavy atom. The van der Waals surface area contributed by atoms with Gasteiger partial charge in [0.15, 0.2) is 11.6 Å². The summed E-state index contributed by atoms with van der Waals surface area (Å²) in [6.45, 7) is 5.70. The molecule has 2 aromatic carbocycles. The van der Waals surface area contributed by atoms with E-state index in [4.69, 9.17) is 10.5 Å². The summed E-state index contributed by atoms with van der Waals surface area (Å²) in [7, 11) is 0. The largest absolute Gasteiger partial charge is 0.454 e. The van der Waals surface area contributed by atoms with Crippen LogP contribution in [-0.4, -0.2) is 0 Å². The van der Waals surface area contributed by atoms with Crippen LogP contribution in [-0.2, 0) is 0 Å².